The summed E-state index contributed by atoms with van der Waals surface area (Å²) in [5.41, 5.74) is 25.0. The Morgan fingerprint density at radius 2 is 0.864 bits per heavy atom. The van der Waals surface area contributed by atoms with Crippen molar-refractivity contribution in [3.05, 3.63) is 313 Å². The monoisotopic (exact) mass is 1140 g/mol. The third-order valence-corrected chi connectivity index (χ3v) is 18.3. The molecule has 0 saturated carbocycles. The number of anilines is 3. The van der Waals surface area contributed by atoms with Crippen LogP contribution < -0.4 is 9.64 Å². The van der Waals surface area contributed by atoms with E-state index < -0.39 is 0 Å². The fourth-order valence-electron chi connectivity index (χ4n) is 13.5. The lowest BCUT2D eigenvalue weighted by molar-refractivity contribution is 0.304. The van der Waals surface area contributed by atoms with E-state index >= 15 is 0 Å². The van der Waals surface area contributed by atoms with Crippen LogP contribution >= 0.6 is 0 Å². The molecule has 88 heavy (non-hydrogen) atoms. The van der Waals surface area contributed by atoms with Gasteiger partial charge in [-0.15, -0.1) is 0 Å². The van der Waals surface area contributed by atoms with Gasteiger partial charge < -0.3 is 14.2 Å². The number of aromatic nitrogens is 1. The normalized spacial score (nSPS) is 13.5. The second-order valence-electron chi connectivity index (χ2n) is 24.7. The van der Waals surface area contributed by atoms with Crippen LogP contribution in [0, 0.1) is 0 Å². The lowest BCUT2D eigenvalue weighted by Crippen LogP contribution is -2.27. The fraction of sp³-hybridized carbons (Fsp3) is 0.153. The molecule has 0 bridgehead atoms. The van der Waals surface area contributed by atoms with Gasteiger partial charge in [-0.1, -0.05) is 261 Å². The van der Waals surface area contributed by atoms with Crippen molar-refractivity contribution in [2.45, 2.75) is 76.5 Å². The molecule has 0 spiro atoms. The van der Waals surface area contributed by atoms with Crippen LogP contribution in [-0.4, -0.2) is 11.2 Å². The molecule has 11 aromatic carbocycles. The summed E-state index contributed by atoms with van der Waals surface area (Å²) in [6, 6.07) is 94.7. The lowest BCUT2D eigenvalue weighted by atomic mass is 9.69. The summed E-state index contributed by atoms with van der Waals surface area (Å²) < 4.78 is 8.49. The molecule has 1 heterocycles. The van der Waals surface area contributed by atoms with Crippen LogP contribution in [0.5, 0.6) is 5.75 Å². The van der Waals surface area contributed by atoms with Crippen LogP contribution in [0.2, 0.25) is 0 Å². The number of rotatable bonds is 21. The van der Waals surface area contributed by atoms with E-state index in [-0.39, 0.29) is 10.8 Å². The zero-order valence-electron chi connectivity index (χ0n) is 51.1. The van der Waals surface area contributed by atoms with E-state index in [0.717, 1.165) is 99.6 Å². The van der Waals surface area contributed by atoms with E-state index in [9.17, 15) is 0 Å². The summed E-state index contributed by atoms with van der Waals surface area (Å²) in [6.07, 6.45) is 13.6. The van der Waals surface area contributed by atoms with E-state index in [1.54, 1.807) is 0 Å². The first kappa shape index (κ1) is 57.1. The van der Waals surface area contributed by atoms with Crippen LogP contribution in [-0.2, 0) is 10.8 Å². The zero-order chi connectivity index (χ0) is 60.2. The molecule has 1 unspecified atom stereocenters. The topological polar surface area (TPSA) is 17.4 Å². The summed E-state index contributed by atoms with van der Waals surface area (Å²) in [4.78, 5) is 2.47. The molecular weight excluding hydrogens is 1060 g/mol. The molecule has 1 aromatic heterocycles. The Kier molecular flexibility index (Phi) is 16.1. The first-order chi connectivity index (χ1) is 43.1. The van der Waals surface area contributed by atoms with Gasteiger partial charge in [0.25, 0.3) is 0 Å². The molecule has 3 heteroatoms. The Hall–Kier alpha value is -9.96. The van der Waals surface area contributed by atoms with Crippen molar-refractivity contribution in [2.24, 2.45) is 0 Å². The fourth-order valence-corrected chi connectivity index (χ4v) is 13.5. The number of fused-ring (bicyclic) bond motifs is 6. The van der Waals surface area contributed by atoms with E-state index in [1.165, 1.54) is 85.7 Å². The molecule has 0 radical (unpaired) electrons. The summed E-state index contributed by atoms with van der Waals surface area (Å²) in [5, 5.41) is 2.41. The van der Waals surface area contributed by atoms with Crippen molar-refractivity contribution in [1.82, 2.24) is 4.57 Å². The van der Waals surface area contributed by atoms with Gasteiger partial charge in [0.15, 0.2) is 0 Å². The molecule has 0 N–H and O–H groups in total. The van der Waals surface area contributed by atoms with Crippen molar-refractivity contribution in [1.29, 1.82) is 0 Å². The second-order valence-corrected chi connectivity index (χ2v) is 24.7. The molecule has 1 atom stereocenters. The second kappa shape index (κ2) is 24.8. The Morgan fingerprint density at radius 3 is 1.43 bits per heavy atom. The number of ether oxygens (including phenoxy) is 1. The molecule has 13 rings (SSSR count). The number of hydrogen-bond acceptors (Lipinski definition) is 2. The van der Waals surface area contributed by atoms with E-state index in [0.29, 0.717) is 0 Å². The van der Waals surface area contributed by atoms with Crippen LogP contribution in [0.15, 0.2) is 275 Å². The Morgan fingerprint density at radius 1 is 0.409 bits per heavy atom. The van der Waals surface area contributed by atoms with Crippen LogP contribution in [0.1, 0.15) is 105 Å². The minimum Gasteiger partial charge on any atom is -0.494 e. The molecule has 0 saturated heterocycles. The minimum atomic E-state index is -0.329. The standard InChI is InChI=1S/C85H76N2O/c1-7-60-25-31-65(32-26-60)67-39-53-82-78(57-67)79-58-68(40-54-83(79)87(82)73-43-27-61(8-2)28-44-73)66-37-47-72(48-38-66)86(71-45-35-64(36-46-71)63-33-41-69(42-34-63)84(4,5)6)74-49-52-77-76-23-17-18-24-80(76)85(81(77)59-74,70-21-15-14-16-22-70)55-19-12-10-11-13-20-56-88-75-50-29-62(9-3)30-51-75/h7-9,14-18,21-54,57-59H,1-3,10-13,19-20,55-56H2,4-6H3. The maximum atomic E-state index is 6.09. The predicted octanol–water partition coefficient (Wildman–Crippen LogP) is 23.6. The SMILES string of the molecule is C=Cc1ccc(OCCCCCCCCC2(c3ccccc3)c3ccccc3-c3ccc(N(c4ccc(-c5ccc(C(C)(C)C)cc5)cc4)c4ccc(-c5ccc6c(c5)c5cc(-c7ccc(C=C)cc7)ccc5n6-c5ccc(C=C)cc5)cc4)cc32)cc1. The largest absolute Gasteiger partial charge is 0.494 e. The first-order valence-corrected chi connectivity index (χ1v) is 31.4. The summed E-state index contributed by atoms with van der Waals surface area (Å²) in [6.45, 7) is 19.5. The molecule has 0 fully saturated rings. The number of hydrogen-bond donors (Lipinski definition) is 0. The Bertz CT molecular complexity index is 4450. The van der Waals surface area contributed by atoms with Gasteiger partial charge in [-0.2, -0.15) is 0 Å². The summed E-state index contributed by atoms with van der Waals surface area (Å²) >= 11 is 0. The molecule has 1 aliphatic rings. The van der Waals surface area contributed by atoms with Crippen molar-refractivity contribution >= 4 is 57.1 Å². The lowest BCUT2D eigenvalue weighted by Gasteiger charge is -2.34. The van der Waals surface area contributed by atoms with Gasteiger partial charge in [-0.3, -0.25) is 0 Å². The van der Waals surface area contributed by atoms with Gasteiger partial charge in [-0.05, 0) is 187 Å². The highest BCUT2D eigenvalue weighted by Gasteiger charge is 2.44. The molecule has 1 aliphatic carbocycles. The van der Waals surface area contributed by atoms with Gasteiger partial charge in [0.05, 0.1) is 17.6 Å². The average Bonchev–Trinajstić information content (AvgIpc) is 1.74. The van der Waals surface area contributed by atoms with Crippen LogP contribution in [0.4, 0.5) is 17.1 Å². The van der Waals surface area contributed by atoms with Crippen LogP contribution in [0.3, 0.4) is 0 Å². The highest BCUT2D eigenvalue weighted by atomic mass is 16.5. The molecular formula is C85H76N2O. The van der Waals surface area contributed by atoms with Crippen molar-refractivity contribution in [3.8, 4) is 55.9 Å². The predicted molar refractivity (Wildman–Crippen MR) is 377 cm³/mol. The average molecular weight is 1140 g/mol. The van der Waals surface area contributed by atoms with E-state index in [1.807, 2.05) is 30.4 Å². The maximum Gasteiger partial charge on any atom is 0.119 e. The third-order valence-electron chi connectivity index (χ3n) is 18.3. The maximum absolute atomic E-state index is 6.09. The Labute approximate surface area is 520 Å². The van der Waals surface area contributed by atoms with E-state index in [2.05, 4.69) is 293 Å². The molecule has 12 aromatic rings. The highest BCUT2D eigenvalue weighted by Crippen LogP contribution is 2.56. The summed E-state index contributed by atoms with van der Waals surface area (Å²) in [7, 11) is 0. The third kappa shape index (κ3) is 11.3. The van der Waals surface area contributed by atoms with Gasteiger partial charge in [0.1, 0.15) is 5.75 Å². The number of nitrogens with zero attached hydrogens (tertiary/aromatic N) is 2. The minimum absolute atomic E-state index is 0.0829. The van der Waals surface area contributed by atoms with Gasteiger partial charge in [0.2, 0.25) is 0 Å². The molecule has 3 nitrogen and oxygen atoms in total. The zero-order valence-corrected chi connectivity index (χ0v) is 51.1. The first-order valence-electron chi connectivity index (χ1n) is 31.4. The quantitative estimate of drug-likeness (QED) is 0.0667. The smallest absolute Gasteiger partial charge is 0.119 e. The van der Waals surface area contributed by atoms with Crippen LogP contribution in [0.25, 0.3) is 90.2 Å². The van der Waals surface area contributed by atoms with Crippen molar-refractivity contribution in [3.63, 3.8) is 0 Å². The van der Waals surface area contributed by atoms with Gasteiger partial charge in [0, 0.05) is 38.9 Å². The number of benzene rings is 11. The molecule has 432 valence electrons. The molecule has 0 amide bonds. The van der Waals surface area contributed by atoms with Crippen molar-refractivity contribution in [2.75, 3.05) is 11.5 Å². The molecule has 0 aliphatic heterocycles. The van der Waals surface area contributed by atoms with Gasteiger partial charge in [-0.25, -0.2) is 0 Å². The van der Waals surface area contributed by atoms with Gasteiger partial charge >= 0.3 is 0 Å². The highest BCUT2D eigenvalue weighted by molar-refractivity contribution is 6.11. The number of unbranched alkanes of at least 4 members (excludes halogenated alkanes) is 5. The van der Waals surface area contributed by atoms with Crippen molar-refractivity contribution < 1.29 is 4.74 Å². The van der Waals surface area contributed by atoms with E-state index in [4.69, 9.17) is 4.74 Å². The Balaban J connectivity index is 0.859. The summed E-state index contributed by atoms with van der Waals surface area (Å²) in [5.74, 6) is 0.924.